The van der Waals surface area contributed by atoms with Crippen LogP contribution in [-0.4, -0.2) is 31.2 Å². The molecule has 2 unspecified atom stereocenters. The molecule has 2 atom stereocenters. The summed E-state index contributed by atoms with van der Waals surface area (Å²) in [5, 5.41) is 10.8. The van der Waals surface area contributed by atoms with E-state index in [1.54, 1.807) is 0 Å². The van der Waals surface area contributed by atoms with Gasteiger partial charge in [0.05, 0.1) is 23.8 Å². The fourth-order valence-corrected chi connectivity index (χ4v) is 2.68. The van der Waals surface area contributed by atoms with Gasteiger partial charge < -0.3 is 15.4 Å². The summed E-state index contributed by atoms with van der Waals surface area (Å²) in [4.78, 5) is 12.0. The van der Waals surface area contributed by atoms with Crippen LogP contribution in [0.15, 0.2) is 12.1 Å². The minimum absolute atomic E-state index is 0.0284. The Morgan fingerprint density at radius 2 is 2.20 bits per heavy atom. The number of hydrogen-bond acceptors (Lipinski definition) is 5. The minimum Gasteiger partial charge on any atom is -0.490 e. The van der Waals surface area contributed by atoms with Crippen molar-refractivity contribution >= 4 is 11.4 Å². The second-order valence-electron chi connectivity index (χ2n) is 5.24. The van der Waals surface area contributed by atoms with Gasteiger partial charge >= 0.3 is 5.69 Å². The van der Waals surface area contributed by atoms with Crippen LogP contribution in [0.2, 0.25) is 0 Å². The summed E-state index contributed by atoms with van der Waals surface area (Å²) in [7, 11) is 1.33. The molecular weight excluding hydrogens is 265 g/mol. The fraction of sp³-hybridized carbons (Fsp3) is 0.538. The van der Waals surface area contributed by atoms with Crippen molar-refractivity contribution in [1.82, 2.24) is 0 Å². The molecule has 1 saturated heterocycles. The van der Waals surface area contributed by atoms with Crippen LogP contribution in [0.5, 0.6) is 5.75 Å². The highest BCUT2D eigenvalue weighted by Crippen LogP contribution is 2.35. The third kappa shape index (κ3) is 2.82. The van der Waals surface area contributed by atoms with Gasteiger partial charge in [-0.05, 0) is 12.3 Å². The lowest BCUT2D eigenvalue weighted by Crippen LogP contribution is -2.46. The predicted molar refractivity (Wildman–Crippen MR) is 73.6 cm³/mol. The molecule has 1 aromatic rings. The zero-order valence-electron chi connectivity index (χ0n) is 11.5. The maximum atomic E-state index is 14.1. The first-order valence-corrected chi connectivity index (χ1v) is 6.44. The second-order valence-corrected chi connectivity index (χ2v) is 5.24. The molecule has 0 amide bonds. The summed E-state index contributed by atoms with van der Waals surface area (Å²) >= 11 is 0. The van der Waals surface area contributed by atoms with Gasteiger partial charge in [0.1, 0.15) is 0 Å². The van der Waals surface area contributed by atoms with Crippen molar-refractivity contribution < 1.29 is 14.1 Å². The van der Waals surface area contributed by atoms with Crippen molar-refractivity contribution in [3.63, 3.8) is 0 Å². The molecule has 0 saturated carbocycles. The molecule has 6 nitrogen and oxygen atoms in total. The van der Waals surface area contributed by atoms with Crippen LogP contribution in [-0.2, 0) is 0 Å². The lowest BCUT2D eigenvalue weighted by atomic mass is 9.96. The van der Waals surface area contributed by atoms with E-state index in [1.807, 2.05) is 11.8 Å². The first-order chi connectivity index (χ1) is 9.42. The second kappa shape index (κ2) is 5.62. The van der Waals surface area contributed by atoms with Crippen molar-refractivity contribution in [3.05, 3.63) is 28.1 Å². The van der Waals surface area contributed by atoms with E-state index in [0.29, 0.717) is 24.7 Å². The number of rotatable bonds is 3. The molecule has 1 aliphatic heterocycles. The van der Waals surface area contributed by atoms with E-state index in [9.17, 15) is 14.5 Å². The van der Waals surface area contributed by atoms with E-state index in [0.717, 1.165) is 12.5 Å². The van der Waals surface area contributed by atoms with Crippen molar-refractivity contribution in [2.24, 2.45) is 11.7 Å². The average molecular weight is 283 g/mol. The third-order valence-electron chi connectivity index (χ3n) is 3.48. The van der Waals surface area contributed by atoms with Crippen LogP contribution in [0.25, 0.3) is 0 Å². The number of nitro benzene ring substituents is 1. The highest BCUT2D eigenvalue weighted by molar-refractivity contribution is 5.60. The number of piperidine rings is 1. The molecule has 110 valence electrons. The Balaban J connectivity index is 2.39. The smallest absolute Gasteiger partial charge is 0.313 e. The van der Waals surface area contributed by atoms with E-state index in [1.165, 1.54) is 13.2 Å². The number of ether oxygens (including phenoxy) is 1. The van der Waals surface area contributed by atoms with E-state index < -0.39 is 10.7 Å². The zero-order chi connectivity index (χ0) is 14.9. The molecule has 0 spiro atoms. The molecule has 1 fully saturated rings. The van der Waals surface area contributed by atoms with Crippen LogP contribution >= 0.6 is 0 Å². The van der Waals surface area contributed by atoms with Gasteiger partial charge in [0.25, 0.3) is 0 Å². The van der Waals surface area contributed by atoms with Crippen molar-refractivity contribution in [2.45, 2.75) is 19.4 Å². The number of nitrogens with two attached hydrogens (primary N) is 1. The molecule has 0 bridgehead atoms. The first-order valence-electron chi connectivity index (χ1n) is 6.44. The van der Waals surface area contributed by atoms with Crippen LogP contribution in [0.1, 0.15) is 13.3 Å². The van der Waals surface area contributed by atoms with Crippen molar-refractivity contribution in [3.8, 4) is 5.75 Å². The number of halogens is 1. The predicted octanol–water partition coefficient (Wildman–Crippen LogP) is 1.92. The largest absolute Gasteiger partial charge is 0.490 e. The maximum absolute atomic E-state index is 14.1. The van der Waals surface area contributed by atoms with Crippen LogP contribution in [0.3, 0.4) is 0 Å². The highest BCUT2D eigenvalue weighted by Gasteiger charge is 2.27. The SMILES string of the molecule is COc1cc(N2CC(C)CC(N)C2)c(F)cc1[N+](=O)[O-]. The standard InChI is InChI=1S/C13H18FN3O3/c1-8-3-9(15)7-16(6-8)11-5-13(20-2)12(17(18)19)4-10(11)14/h4-5,8-9H,3,6-7,15H2,1-2H3. The van der Waals surface area contributed by atoms with Gasteiger partial charge in [-0.3, -0.25) is 10.1 Å². The Kier molecular flexibility index (Phi) is 4.08. The van der Waals surface area contributed by atoms with Crippen molar-refractivity contribution in [1.29, 1.82) is 0 Å². The lowest BCUT2D eigenvalue weighted by molar-refractivity contribution is -0.385. The molecule has 0 aromatic heterocycles. The van der Waals surface area contributed by atoms with E-state index >= 15 is 0 Å². The highest BCUT2D eigenvalue weighted by atomic mass is 19.1. The lowest BCUT2D eigenvalue weighted by Gasteiger charge is -2.36. The van der Waals surface area contributed by atoms with Gasteiger partial charge in [-0.1, -0.05) is 6.92 Å². The number of nitro groups is 1. The van der Waals surface area contributed by atoms with E-state index in [2.05, 4.69) is 0 Å². The van der Waals surface area contributed by atoms with Crippen LogP contribution in [0, 0.1) is 21.8 Å². The molecule has 2 rings (SSSR count). The molecule has 1 aromatic carbocycles. The Morgan fingerprint density at radius 1 is 1.50 bits per heavy atom. The molecule has 0 radical (unpaired) electrons. The summed E-state index contributed by atoms with van der Waals surface area (Å²) in [5.41, 5.74) is 5.88. The maximum Gasteiger partial charge on any atom is 0.313 e. The topological polar surface area (TPSA) is 81.6 Å². The fourth-order valence-electron chi connectivity index (χ4n) is 2.68. The Hall–Kier alpha value is -1.89. The molecule has 1 heterocycles. The minimum atomic E-state index is -0.656. The van der Waals surface area contributed by atoms with E-state index in [4.69, 9.17) is 10.5 Å². The number of anilines is 1. The number of hydrogen-bond donors (Lipinski definition) is 1. The van der Waals surface area contributed by atoms with Crippen molar-refractivity contribution in [2.75, 3.05) is 25.1 Å². The molecule has 0 aliphatic carbocycles. The van der Waals surface area contributed by atoms with Gasteiger partial charge in [0.15, 0.2) is 11.6 Å². The zero-order valence-corrected chi connectivity index (χ0v) is 11.5. The van der Waals surface area contributed by atoms with Gasteiger partial charge in [-0.25, -0.2) is 4.39 Å². The number of nitrogens with zero attached hydrogens (tertiary/aromatic N) is 2. The summed E-state index contributed by atoms with van der Waals surface area (Å²) in [6.07, 6.45) is 0.891. The van der Waals surface area contributed by atoms with Gasteiger partial charge in [-0.15, -0.1) is 0 Å². The Bertz CT molecular complexity index is 514. The summed E-state index contributed by atoms with van der Waals surface area (Å²) in [6.45, 7) is 3.25. The van der Waals surface area contributed by atoms with Gasteiger partial charge in [0.2, 0.25) is 0 Å². The van der Waals surface area contributed by atoms with E-state index in [-0.39, 0.29) is 17.5 Å². The monoisotopic (exact) mass is 283 g/mol. The Morgan fingerprint density at radius 3 is 2.75 bits per heavy atom. The molecular formula is C13H18FN3O3. The van der Waals surface area contributed by atoms with Gasteiger partial charge in [0, 0.05) is 25.2 Å². The van der Waals surface area contributed by atoms with Gasteiger partial charge in [-0.2, -0.15) is 0 Å². The third-order valence-corrected chi connectivity index (χ3v) is 3.48. The normalized spacial score (nSPS) is 22.7. The average Bonchev–Trinajstić information content (AvgIpc) is 2.37. The molecule has 20 heavy (non-hydrogen) atoms. The summed E-state index contributed by atoms with van der Waals surface area (Å²) in [6, 6.07) is 2.25. The number of benzene rings is 1. The van der Waals surface area contributed by atoms with Crippen LogP contribution < -0.4 is 15.4 Å². The number of methoxy groups -OCH3 is 1. The molecule has 7 heteroatoms. The Labute approximate surface area is 116 Å². The first kappa shape index (κ1) is 14.5. The summed E-state index contributed by atoms with van der Waals surface area (Å²) in [5.74, 6) is -0.226. The van der Waals surface area contributed by atoms with Crippen LogP contribution in [0.4, 0.5) is 15.8 Å². The molecule has 1 aliphatic rings. The molecule has 2 N–H and O–H groups in total. The quantitative estimate of drug-likeness (QED) is 0.677. The summed E-state index contributed by atoms with van der Waals surface area (Å²) < 4.78 is 19.1.